The van der Waals surface area contributed by atoms with Gasteiger partial charge in [-0.1, -0.05) is 0 Å². The van der Waals surface area contributed by atoms with E-state index in [1.165, 1.54) is 6.20 Å². The summed E-state index contributed by atoms with van der Waals surface area (Å²) in [5, 5.41) is 10.7. The minimum absolute atomic E-state index is 0. The molecule has 1 amide bonds. The molecule has 0 radical (unpaired) electrons. The quantitative estimate of drug-likeness (QED) is 0.771. The Morgan fingerprint density at radius 1 is 1.56 bits per heavy atom. The van der Waals surface area contributed by atoms with Crippen LogP contribution >= 0.6 is 12.4 Å². The van der Waals surface area contributed by atoms with Crippen LogP contribution in [-0.2, 0) is 0 Å². The van der Waals surface area contributed by atoms with E-state index >= 15 is 0 Å². The first-order valence-electron chi connectivity index (χ1n) is 5.07. The maximum atomic E-state index is 12.0. The third kappa shape index (κ3) is 2.90. The highest BCUT2D eigenvalue weighted by Crippen LogP contribution is 2.05. The molecule has 6 heteroatoms. The topological polar surface area (TPSA) is 58.1 Å². The lowest BCUT2D eigenvalue weighted by Gasteiger charge is -2.31. The average molecular weight is 243 g/mol. The molecule has 1 fully saturated rings. The van der Waals surface area contributed by atoms with Gasteiger partial charge in [0.1, 0.15) is 0 Å². The van der Waals surface area contributed by atoms with Gasteiger partial charge in [-0.25, -0.2) is 0 Å². The predicted octanol–water partition coefficient (Wildman–Crippen LogP) is 0.332. The zero-order valence-electron chi connectivity index (χ0n) is 9.09. The minimum Gasteiger partial charge on any atom is -0.336 e. The summed E-state index contributed by atoms with van der Waals surface area (Å²) in [5.41, 5.74) is 0.610. The summed E-state index contributed by atoms with van der Waals surface area (Å²) < 4.78 is 0. The maximum Gasteiger partial charge on any atom is 0.255 e. The number of halogens is 1. The Kier molecular flexibility index (Phi) is 4.64. The van der Waals surface area contributed by atoms with E-state index < -0.39 is 0 Å². The van der Waals surface area contributed by atoms with Crippen LogP contribution in [-0.4, -0.2) is 46.7 Å². The molecule has 1 saturated heterocycles. The number of carbonyl (C=O) groups is 1. The molecule has 0 unspecified atom stereocenters. The monoisotopic (exact) mass is 242 g/mol. The van der Waals surface area contributed by atoms with Gasteiger partial charge in [-0.2, -0.15) is 10.2 Å². The molecule has 1 aliphatic rings. The third-order valence-electron chi connectivity index (χ3n) is 2.49. The highest BCUT2D eigenvalue weighted by atomic mass is 35.5. The van der Waals surface area contributed by atoms with Gasteiger partial charge in [0.25, 0.3) is 5.91 Å². The SMILES string of the molecule is C[C@H]1CN(C(=O)c2ccnnc2)CCN1.Cl. The maximum absolute atomic E-state index is 12.0. The van der Waals surface area contributed by atoms with Crippen molar-refractivity contribution >= 4 is 18.3 Å². The molecule has 0 aliphatic carbocycles. The van der Waals surface area contributed by atoms with Gasteiger partial charge in [0.05, 0.1) is 18.0 Å². The lowest BCUT2D eigenvalue weighted by atomic mass is 10.2. The van der Waals surface area contributed by atoms with E-state index in [0.717, 1.165) is 19.6 Å². The van der Waals surface area contributed by atoms with Crippen LogP contribution in [0, 0.1) is 0 Å². The van der Waals surface area contributed by atoms with Crippen molar-refractivity contribution in [1.29, 1.82) is 0 Å². The molecule has 1 aromatic rings. The summed E-state index contributed by atoms with van der Waals surface area (Å²) in [6, 6.07) is 2.06. The Bertz CT molecular complexity index is 346. The first kappa shape index (κ1) is 12.9. The summed E-state index contributed by atoms with van der Waals surface area (Å²) in [4.78, 5) is 13.8. The standard InChI is InChI=1S/C10H14N4O.ClH/c1-8-7-14(5-4-11-8)10(15)9-2-3-12-13-6-9;/h2-3,6,8,11H,4-5,7H2,1H3;1H/t8-;/m0./s1. The number of nitrogens with zero attached hydrogens (tertiary/aromatic N) is 3. The van der Waals surface area contributed by atoms with Gasteiger partial charge in [0, 0.05) is 25.7 Å². The number of rotatable bonds is 1. The number of hydrogen-bond acceptors (Lipinski definition) is 4. The van der Waals surface area contributed by atoms with Crippen molar-refractivity contribution in [2.75, 3.05) is 19.6 Å². The van der Waals surface area contributed by atoms with E-state index in [2.05, 4.69) is 22.4 Å². The van der Waals surface area contributed by atoms with Crippen LogP contribution in [0.1, 0.15) is 17.3 Å². The zero-order chi connectivity index (χ0) is 10.7. The summed E-state index contributed by atoms with van der Waals surface area (Å²) in [7, 11) is 0. The lowest BCUT2D eigenvalue weighted by Crippen LogP contribution is -2.51. The molecule has 0 spiro atoms. The third-order valence-corrected chi connectivity index (χ3v) is 2.49. The molecule has 2 rings (SSSR count). The van der Waals surface area contributed by atoms with Gasteiger partial charge in [-0.3, -0.25) is 4.79 Å². The molecule has 2 heterocycles. The number of carbonyl (C=O) groups excluding carboxylic acids is 1. The largest absolute Gasteiger partial charge is 0.336 e. The number of aromatic nitrogens is 2. The van der Waals surface area contributed by atoms with Crippen molar-refractivity contribution < 1.29 is 4.79 Å². The first-order chi connectivity index (χ1) is 7.27. The van der Waals surface area contributed by atoms with E-state index in [9.17, 15) is 4.79 Å². The second-order valence-corrected chi connectivity index (χ2v) is 3.74. The molecule has 88 valence electrons. The molecule has 0 saturated carbocycles. The van der Waals surface area contributed by atoms with Crippen molar-refractivity contribution in [2.45, 2.75) is 13.0 Å². The number of hydrogen-bond donors (Lipinski definition) is 1. The molecule has 16 heavy (non-hydrogen) atoms. The van der Waals surface area contributed by atoms with Crippen molar-refractivity contribution in [2.24, 2.45) is 0 Å². The number of amides is 1. The fourth-order valence-electron chi connectivity index (χ4n) is 1.72. The normalized spacial score (nSPS) is 20.1. The molecular formula is C10H15ClN4O. The smallest absolute Gasteiger partial charge is 0.255 e. The highest BCUT2D eigenvalue weighted by molar-refractivity contribution is 5.93. The zero-order valence-corrected chi connectivity index (χ0v) is 9.91. The molecule has 1 aromatic heterocycles. The van der Waals surface area contributed by atoms with Crippen molar-refractivity contribution in [1.82, 2.24) is 20.4 Å². The Hall–Kier alpha value is -1.20. The molecule has 1 N–H and O–H groups in total. The van der Waals surface area contributed by atoms with Crippen LogP contribution in [0.4, 0.5) is 0 Å². The van der Waals surface area contributed by atoms with Gasteiger partial charge >= 0.3 is 0 Å². The Morgan fingerprint density at radius 3 is 3.00 bits per heavy atom. The molecule has 5 nitrogen and oxygen atoms in total. The highest BCUT2D eigenvalue weighted by Gasteiger charge is 2.21. The predicted molar refractivity (Wildman–Crippen MR) is 62.6 cm³/mol. The minimum atomic E-state index is 0. The van der Waals surface area contributed by atoms with E-state index in [1.807, 2.05) is 4.90 Å². The molecule has 1 atom stereocenters. The van der Waals surface area contributed by atoms with Crippen LogP contribution in [0.25, 0.3) is 0 Å². The first-order valence-corrected chi connectivity index (χ1v) is 5.07. The van der Waals surface area contributed by atoms with Crippen LogP contribution in [0.3, 0.4) is 0 Å². The second kappa shape index (κ2) is 5.77. The summed E-state index contributed by atoms with van der Waals surface area (Å²) in [6.45, 7) is 4.43. The van der Waals surface area contributed by atoms with E-state index in [0.29, 0.717) is 11.6 Å². The summed E-state index contributed by atoms with van der Waals surface area (Å²) in [5.74, 6) is 0.0400. The van der Waals surface area contributed by atoms with Crippen LogP contribution < -0.4 is 5.32 Å². The second-order valence-electron chi connectivity index (χ2n) is 3.74. The van der Waals surface area contributed by atoms with E-state index in [4.69, 9.17) is 0 Å². The van der Waals surface area contributed by atoms with Gasteiger partial charge in [0.2, 0.25) is 0 Å². The number of piperazine rings is 1. The summed E-state index contributed by atoms with van der Waals surface area (Å²) >= 11 is 0. The van der Waals surface area contributed by atoms with Gasteiger partial charge < -0.3 is 10.2 Å². The Labute approximate surface area is 101 Å². The Morgan fingerprint density at radius 2 is 2.38 bits per heavy atom. The van der Waals surface area contributed by atoms with Gasteiger partial charge in [0.15, 0.2) is 0 Å². The molecule has 0 aromatic carbocycles. The number of nitrogens with one attached hydrogen (secondary N) is 1. The van der Waals surface area contributed by atoms with E-state index in [-0.39, 0.29) is 18.3 Å². The van der Waals surface area contributed by atoms with Crippen molar-refractivity contribution in [3.05, 3.63) is 24.0 Å². The van der Waals surface area contributed by atoms with Gasteiger partial charge in [-0.05, 0) is 13.0 Å². The van der Waals surface area contributed by atoms with Crippen molar-refractivity contribution in [3.8, 4) is 0 Å². The van der Waals surface area contributed by atoms with E-state index in [1.54, 1.807) is 12.3 Å². The molecule has 1 aliphatic heterocycles. The molecule has 0 bridgehead atoms. The fourth-order valence-corrected chi connectivity index (χ4v) is 1.72. The van der Waals surface area contributed by atoms with Crippen LogP contribution in [0.5, 0.6) is 0 Å². The van der Waals surface area contributed by atoms with Crippen LogP contribution in [0.15, 0.2) is 18.5 Å². The average Bonchev–Trinajstić information content (AvgIpc) is 2.29. The summed E-state index contributed by atoms with van der Waals surface area (Å²) in [6.07, 6.45) is 3.05. The fraction of sp³-hybridized carbons (Fsp3) is 0.500. The lowest BCUT2D eigenvalue weighted by molar-refractivity contribution is 0.0708. The Balaban J connectivity index is 0.00000128. The van der Waals surface area contributed by atoms with Crippen molar-refractivity contribution in [3.63, 3.8) is 0 Å². The van der Waals surface area contributed by atoms with Crippen LogP contribution in [0.2, 0.25) is 0 Å². The van der Waals surface area contributed by atoms with Gasteiger partial charge in [-0.15, -0.1) is 12.4 Å². The molecular weight excluding hydrogens is 228 g/mol.